The number of anilines is 1. The number of ether oxygens (including phenoxy) is 2. The molecule has 0 bridgehead atoms. The maximum absolute atomic E-state index is 13.6. The predicted octanol–water partition coefficient (Wildman–Crippen LogP) is 4.29. The summed E-state index contributed by atoms with van der Waals surface area (Å²) in [6, 6.07) is 8.65. The highest BCUT2D eigenvalue weighted by molar-refractivity contribution is 7.89. The van der Waals surface area contributed by atoms with Gasteiger partial charge in [0.2, 0.25) is 10.0 Å². The molecule has 0 unspecified atom stereocenters. The molecule has 1 aliphatic rings. The highest BCUT2D eigenvalue weighted by Gasteiger charge is 2.31. The second kappa shape index (κ2) is 12.5. The quantitative estimate of drug-likeness (QED) is 0.214. The Kier molecular flexibility index (Phi) is 9.63. The number of hydrogen-bond donors (Lipinski definition) is 0. The Labute approximate surface area is 222 Å². The average Bonchev–Trinajstić information content (AvgIpc) is 2.86. The van der Waals surface area contributed by atoms with Crippen LogP contribution in [0.25, 0.3) is 0 Å². The van der Waals surface area contributed by atoms with Gasteiger partial charge in [0.25, 0.3) is 11.4 Å². The summed E-state index contributed by atoms with van der Waals surface area (Å²) in [6.45, 7) is 6.79. The van der Waals surface area contributed by atoms with Crippen molar-refractivity contribution in [3.05, 3.63) is 62.2 Å². The van der Waals surface area contributed by atoms with E-state index in [1.165, 1.54) is 42.5 Å². The molecule has 1 fully saturated rings. The van der Waals surface area contributed by atoms with E-state index in [9.17, 15) is 28.6 Å². The van der Waals surface area contributed by atoms with Crippen LogP contribution in [0.5, 0.6) is 5.75 Å². The minimum atomic E-state index is -3.94. The van der Waals surface area contributed by atoms with E-state index in [4.69, 9.17) is 9.47 Å². The van der Waals surface area contributed by atoms with Gasteiger partial charge in [0.05, 0.1) is 27.7 Å². The van der Waals surface area contributed by atoms with Gasteiger partial charge >= 0.3 is 0 Å². The molecule has 0 spiro atoms. The van der Waals surface area contributed by atoms with Gasteiger partial charge in [0, 0.05) is 63.8 Å². The molecule has 0 amide bonds. The lowest BCUT2D eigenvalue weighted by Crippen LogP contribution is -2.39. The first kappa shape index (κ1) is 29.3. The van der Waals surface area contributed by atoms with E-state index in [0.717, 1.165) is 0 Å². The van der Waals surface area contributed by atoms with Gasteiger partial charge in [0.15, 0.2) is 0 Å². The first-order chi connectivity index (χ1) is 17.9. The fourth-order valence-corrected chi connectivity index (χ4v) is 5.76. The van der Waals surface area contributed by atoms with Crippen molar-refractivity contribution in [1.82, 2.24) is 4.31 Å². The van der Waals surface area contributed by atoms with E-state index < -0.39 is 19.9 Å². The van der Waals surface area contributed by atoms with E-state index in [1.54, 1.807) is 12.1 Å². The summed E-state index contributed by atoms with van der Waals surface area (Å²) in [6.07, 6.45) is 1.33. The van der Waals surface area contributed by atoms with Crippen molar-refractivity contribution in [2.75, 3.05) is 38.2 Å². The highest BCUT2D eigenvalue weighted by atomic mass is 32.2. The molecule has 0 N–H and O–H groups in total. The molecular weight excluding hydrogens is 516 g/mol. The van der Waals surface area contributed by atoms with Crippen LogP contribution in [-0.4, -0.2) is 68.1 Å². The summed E-state index contributed by atoms with van der Waals surface area (Å²) in [7, 11) is -2.45. The molecule has 13 heteroatoms. The van der Waals surface area contributed by atoms with E-state index in [-0.39, 0.29) is 46.3 Å². The molecule has 2 aromatic carbocycles. The number of nitro groups is 2. The first-order valence-electron chi connectivity index (χ1n) is 12.4. The van der Waals surface area contributed by atoms with Gasteiger partial charge in [-0.25, -0.2) is 12.7 Å². The van der Waals surface area contributed by atoms with E-state index in [0.29, 0.717) is 44.7 Å². The van der Waals surface area contributed by atoms with Gasteiger partial charge in [-0.15, -0.1) is 0 Å². The summed E-state index contributed by atoms with van der Waals surface area (Å²) in [5.74, 6) is 0.384. The SMILES string of the molecule is Cc1cc(S(=O)(=O)N(C)CCCOC(C)C)c(N2CCC(Oc3cccc([N+](=O)[O-])c3)CC2)cc1[N+](=O)[O-]. The highest BCUT2D eigenvalue weighted by Crippen LogP contribution is 2.36. The zero-order valence-corrected chi connectivity index (χ0v) is 22.8. The number of hydrogen-bond acceptors (Lipinski definition) is 9. The molecule has 0 aromatic heterocycles. The number of non-ortho nitro benzene ring substituents is 1. The van der Waals surface area contributed by atoms with Crippen molar-refractivity contribution < 1.29 is 27.7 Å². The van der Waals surface area contributed by atoms with Crippen LogP contribution in [0.3, 0.4) is 0 Å². The summed E-state index contributed by atoms with van der Waals surface area (Å²) in [4.78, 5) is 23.5. The maximum Gasteiger partial charge on any atom is 0.274 e. The van der Waals surface area contributed by atoms with Crippen molar-refractivity contribution in [2.45, 2.75) is 57.1 Å². The van der Waals surface area contributed by atoms with Gasteiger partial charge in [-0.05, 0) is 39.3 Å². The fraction of sp³-hybridized carbons (Fsp3) is 0.520. The second-order valence-corrected chi connectivity index (χ2v) is 11.5. The van der Waals surface area contributed by atoms with Crippen molar-refractivity contribution in [3.63, 3.8) is 0 Å². The summed E-state index contributed by atoms with van der Waals surface area (Å²) in [5.41, 5.74) is 0.322. The van der Waals surface area contributed by atoms with Gasteiger partial charge in [-0.2, -0.15) is 0 Å². The number of nitro benzene ring substituents is 2. The number of rotatable bonds is 12. The molecule has 208 valence electrons. The number of aryl methyl sites for hydroxylation is 1. The largest absolute Gasteiger partial charge is 0.490 e. The smallest absolute Gasteiger partial charge is 0.274 e. The molecular formula is C25H34N4O8S. The number of nitrogens with zero attached hydrogens (tertiary/aromatic N) is 4. The molecule has 1 heterocycles. The average molecular weight is 551 g/mol. The van der Waals surface area contributed by atoms with Gasteiger partial charge in [-0.3, -0.25) is 20.2 Å². The predicted molar refractivity (Wildman–Crippen MR) is 142 cm³/mol. The van der Waals surface area contributed by atoms with Crippen LogP contribution < -0.4 is 9.64 Å². The normalized spacial score (nSPS) is 14.7. The fourth-order valence-electron chi connectivity index (χ4n) is 4.28. The second-order valence-electron chi connectivity index (χ2n) is 9.52. The van der Waals surface area contributed by atoms with Crippen molar-refractivity contribution in [2.24, 2.45) is 0 Å². The Morgan fingerprint density at radius 1 is 1.11 bits per heavy atom. The third kappa shape index (κ3) is 7.17. The first-order valence-corrected chi connectivity index (χ1v) is 13.9. The topological polar surface area (TPSA) is 145 Å². The lowest BCUT2D eigenvalue weighted by molar-refractivity contribution is -0.385. The van der Waals surface area contributed by atoms with Crippen molar-refractivity contribution in [3.8, 4) is 5.75 Å². The Balaban J connectivity index is 1.80. The van der Waals surface area contributed by atoms with Crippen LogP contribution in [-0.2, 0) is 14.8 Å². The van der Waals surface area contributed by atoms with Crippen molar-refractivity contribution in [1.29, 1.82) is 0 Å². The minimum Gasteiger partial charge on any atom is -0.490 e. The number of piperidine rings is 1. The van der Waals surface area contributed by atoms with Crippen LogP contribution in [0.2, 0.25) is 0 Å². The molecule has 1 aliphatic heterocycles. The minimum absolute atomic E-state index is 0.0194. The van der Waals surface area contributed by atoms with Gasteiger partial charge in [-0.1, -0.05) is 6.07 Å². The van der Waals surface area contributed by atoms with E-state index >= 15 is 0 Å². The van der Waals surface area contributed by atoms with Crippen LogP contribution in [0.4, 0.5) is 17.1 Å². The van der Waals surface area contributed by atoms with Gasteiger partial charge in [0.1, 0.15) is 16.7 Å². The Morgan fingerprint density at radius 3 is 2.39 bits per heavy atom. The lowest BCUT2D eigenvalue weighted by Gasteiger charge is -2.35. The lowest BCUT2D eigenvalue weighted by atomic mass is 10.1. The number of benzene rings is 2. The standard InChI is InChI=1S/C25H34N4O8S/c1-18(2)36-14-6-11-26(4)38(34,35)25-15-19(3)23(29(32)33)17-24(25)27-12-9-21(10-13-27)37-22-8-5-7-20(16-22)28(30)31/h5,7-8,15-18,21H,6,9-14H2,1-4H3. The Bertz CT molecular complexity index is 1260. The molecule has 3 rings (SSSR count). The summed E-state index contributed by atoms with van der Waals surface area (Å²) >= 11 is 0. The van der Waals surface area contributed by atoms with Crippen LogP contribution >= 0.6 is 0 Å². The summed E-state index contributed by atoms with van der Waals surface area (Å²) < 4.78 is 39.8. The molecule has 0 saturated carbocycles. The molecule has 12 nitrogen and oxygen atoms in total. The van der Waals surface area contributed by atoms with Crippen LogP contribution in [0, 0.1) is 27.2 Å². The zero-order valence-electron chi connectivity index (χ0n) is 22.0. The monoisotopic (exact) mass is 550 g/mol. The number of sulfonamides is 1. The molecule has 0 atom stereocenters. The Morgan fingerprint density at radius 2 is 1.79 bits per heavy atom. The summed E-state index contributed by atoms with van der Waals surface area (Å²) in [5, 5.41) is 22.7. The maximum atomic E-state index is 13.6. The molecule has 0 radical (unpaired) electrons. The Hall–Kier alpha value is -3.29. The third-order valence-corrected chi connectivity index (χ3v) is 8.23. The van der Waals surface area contributed by atoms with E-state index in [1.807, 2.05) is 18.7 Å². The van der Waals surface area contributed by atoms with Gasteiger partial charge < -0.3 is 14.4 Å². The molecule has 38 heavy (non-hydrogen) atoms. The molecule has 1 saturated heterocycles. The zero-order chi connectivity index (χ0) is 28.0. The van der Waals surface area contributed by atoms with E-state index in [2.05, 4.69) is 0 Å². The molecule has 2 aromatic rings. The van der Waals surface area contributed by atoms with Crippen LogP contribution in [0.1, 0.15) is 38.7 Å². The van der Waals surface area contributed by atoms with Crippen molar-refractivity contribution >= 4 is 27.1 Å². The van der Waals surface area contributed by atoms with Crippen LogP contribution in [0.15, 0.2) is 41.3 Å². The molecule has 0 aliphatic carbocycles. The third-order valence-electron chi connectivity index (χ3n) is 6.34.